The predicted octanol–water partition coefficient (Wildman–Crippen LogP) is 3.28. The number of carbonyl (C=O) groups is 1. The summed E-state index contributed by atoms with van der Waals surface area (Å²) in [6.45, 7) is 9.75. The summed E-state index contributed by atoms with van der Waals surface area (Å²) in [6, 6.07) is 9.94. The minimum atomic E-state index is -0.138. The molecule has 1 atom stereocenters. The molecule has 1 aromatic carbocycles. The van der Waals surface area contributed by atoms with Crippen molar-refractivity contribution in [2.24, 2.45) is 0 Å². The van der Waals surface area contributed by atoms with Gasteiger partial charge in [0.25, 0.3) is 5.91 Å². The van der Waals surface area contributed by atoms with Crippen LogP contribution in [0.4, 0.5) is 0 Å². The van der Waals surface area contributed by atoms with Gasteiger partial charge in [0.05, 0.1) is 25.5 Å². The maximum Gasteiger partial charge on any atom is 0.258 e. The number of nitrogens with zero attached hydrogens (tertiary/aromatic N) is 1. The molecule has 0 radical (unpaired) electrons. The molecule has 1 saturated heterocycles. The molecule has 1 amide bonds. The van der Waals surface area contributed by atoms with Crippen molar-refractivity contribution < 1.29 is 18.7 Å². The zero-order chi connectivity index (χ0) is 19.9. The fraction of sp³-hybridized carbons (Fsp3) is 0.500. The second-order valence-electron chi connectivity index (χ2n) is 7.47. The average molecular weight is 386 g/mol. The highest BCUT2D eigenvalue weighted by Crippen LogP contribution is 2.27. The van der Waals surface area contributed by atoms with E-state index in [0.717, 1.165) is 35.7 Å². The third kappa shape index (κ3) is 5.36. The summed E-state index contributed by atoms with van der Waals surface area (Å²) in [6.07, 6.45) is 1.67. The van der Waals surface area contributed by atoms with E-state index >= 15 is 0 Å². The first-order chi connectivity index (χ1) is 13.5. The van der Waals surface area contributed by atoms with Gasteiger partial charge in [-0.05, 0) is 42.2 Å². The molecule has 2 aromatic rings. The van der Waals surface area contributed by atoms with E-state index in [1.54, 1.807) is 6.26 Å². The summed E-state index contributed by atoms with van der Waals surface area (Å²) in [5.41, 5.74) is 2.23. The van der Waals surface area contributed by atoms with E-state index in [2.05, 4.69) is 36.2 Å². The van der Waals surface area contributed by atoms with Gasteiger partial charge in [0.1, 0.15) is 11.5 Å². The van der Waals surface area contributed by atoms with Crippen molar-refractivity contribution in [1.82, 2.24) is 10.2 Å². The van der Waals surface area contributed by atoms with Crippen LogP contribution in [-0.4, -0.2) is 50.3 Å². The lowest BCUT2D eigenvalue weighted by molar-refractivity contribution is -0.123. The Hall–Kier alpha value is -2.31. The Labute approximate surface area is 166 Å². The van der Waals surface area contributed by atoms with Crippen molar-refractivity contribution in [3.05, 3.63) is 53.5 Å². The molecule has 0 saturated carbocycles. The number of benzene rings is 1. The molecule has 1 aliphatic heterocycles. The van der Waals surface area contributed by atoms with Crippen LogP contribution in [0.5, 0.6) is 5.75 Å². The van der Waals surface area contributed by atoms with Crippen LogP contribution in [0.25, 0.3) is 0 Å². The zero-order valence-corrected chi connectivity index (χ0v) is 16.9. The van der Waals surface area contributed by atoms with Gasteiger partial charge in [0.15, 0.2) is 6.61 Å². The van der Waals surface area contributed by atoms with Gasteiger partial charge in [-0.1, -0.05) is 26.0 Å². The van der Waals surface area contributed by atoms with Crippen LogP contribution in [0.2, 0.25) is 0 Å². The molecule has 28 heavy (non-hydrogen) atoms. The number of nitrogens with one attached hydrogen (secondary N) is 1. The molecular formula is C22H30N2O4. The number of hydrogen-bond acceptors (Lipinski definition) is 5. The van der Waals surface area contributed by atoms with E-state index in [0.29, 0.717) is 25.7 Å². The van der Waals surface area contributed by atoms with Crippen LogP contribution in [0.15, 0.2) is 41.0 Å². The van der Waals surface area contributed by atoms with Crippen molar-refractivity contribution in [1.29, 1.82) is 0 Å². The number of morpholine rings is 1. The molecular weight excluding hydrogens is 356 g/mol. The summed E-state index contributed by atoms with van der Waals surface area (Å²) >= 11 is 0. The van der Waals surface area contributed by atoms with Crippen LogP contribution in [0.3, 0.4) is 0 Å². The maximum atomic E-state index is 12.4. The minimum Gasteiger partial charge on any atom is -0.483 e. The molecule has 1 aliphatic rings. The first kappa shape index (κ1) is 20.4. The highest BCUT2D eigenvalue weighted by atomic mass is 16.5. The number of hydrogen-bond donors (Lipinski definition) is 1. The van der Waals surface area contributed by atoms with E-state index < -0.39 is 0 Å². The molecule has 6 heteroatoms. The predicted molar refractivity (Wildman–Crippen MR) is 108 cm³/mol. The Morgan fingerprint density at radius 1 is 1.25 bits per heavy atom. The van der Waals surface area contributed by atoms with E-state index in [9.17, 15) is 4.79 Å². The Morgan fingerprint density at radius 3 is 2.71 bits per heavy atom. The van der Waals surface area contributed by atoms with Crippen LogP contribution in [-0.2, 0) is 9.53 Å². The van der Waals surface area contributed by atoms with Gasteiger partial charge < -0.3 is 19.2 Å². The van der Waals surface area contributed by atoms with Gasteiger partial charge in [-0.2, -0.15) is 0 Å². The van der Waals surface area contributed by atoms with Crippen LogP contribution < -0.4 is 10.1 Å². The molecule has 6 nitrogen and oxygen atoms in total. The number of rotatable bonds is 8. The van der Waals surface area contributed by atoms with Gasteiger partial charge in [-0.25, -0.2) is 0 Å². The fourth-order valence-electron chi connectivity index (χ4n) is 3.43. The highest BCUT2D eigenvalue weighted by Gasteiger charge is 2.25. The van der Waals surface area contributed by atoms with Gasteiger partial charge in [-0.15, -0.1) is 0 Å². The van der Waals surface area contributed by atoms with E-state index in [-0.39, 0.29) is 18.6 Å². The SMILES string of the molecule is Cc1ccc(C(C)C)c(OCC(=O)NC[C@@H](c2ccco2)N2CCOCC2)c1. The molecule has 2 heterocycles. The fourth-order valence-corrected chi connectivity index (χ4v) is 3.43. The Morgan fingerprint density at radius 2 is 2.04 bits per heavy atom. The second-order valence-corrected chi connectivity index (χ2v) is 7.47. The largest absolute Gasteiger partial charge is 0.483 e. The summed E-state index contributed by atoms with van der Waals surface area (Å²) in [5, 5.41) is 3.00. The van der Waals surface area contributed by atoms with Crippen molar-refractivity contribution >= 4 is 5.91 Å². The van der Waals surface area contributed by atoms with Crippen molar-refractivity contribution in [2.45, 2.75) is 32.7 Å². The van der Waals surface area contributed by atoms with Crippen molar-refractivity contribution in [3.8, 4) is 5.75 Å². The number of aryl methyl sites for hydroxylation is 1. The van der Waals surface area contributed by atoms with Gasteiger partial charge in [-0.3, -0.25) is 9.69 Å². The first-order valence-electron chi connectivity index (χ1n) is 9.90. The summed E-state index contributed by atoms with van der Waals surface area (Å²) < 4.78 is 16.9. The number of amides is 1. The van der Waals surface area contributed by atoms with E-state index in [1.807, 2.05) is 25.1 Å². The van der Waals surface area contributed by atoms with Crippen molar-refractivity contribution in [3.63, 3.8) is 0 Å². The Kier molecular flexibility index (Phi) is 7.12. The van der Waals surface area contributed by atoms with Gasteiger partial charge >= 0.3 is 0 Å². The van der Waals surface area contributed by atoms with Gasteiger partial charge in [0, 0.05) is 19.6 Å². The smallest absolute Gasteiger partial charge is 0.258 e. The third-order valence-corrected chi connectivity index (χ3v) is 5.00. The van der Waals surface area contributed by atoms with Crippen LogP contribution in [0, 0.1) is 6.92 Å². The average Bonchev–Trinajstić information content (AvgIpc) is 3.21. The standard InChI is InChI=1S/C22H30N2O4/c1-16(2)18-7-6-17(3)13-21(18)28-15-22(25)23-14-19(20-5-4-10-27-20)24-8-11-26-12-9-24/h4-7,10,13,16,19H,8-9,11-12,14-15H2,1-3H3,(H,23,25)/t19-/m0/s1. The summed E-state index contributed by atoms with van der Waals surface area (Å²) in [5.74, 6) is 1.83. The lowest BCUT2D eigenvalue weighted by atomic mass is 10.0. The summed E-state index contributed by atoms with van der Waals surface area (Å²) in [7, 11) is 0. The van der Waals surface area contributed by atoms with Crippen LogP contribution >= 0.6 is 0 Å². The maximum absolute atomic E-state index is 12.4. The Bertz CT molecular complexity index is 752. The van der Waals surface area contributed by atoms with Crippen LogP contribution in [0.1, 0.15) is 42.7 Å². The molecule has 1 aromatic heterocycles. The molecule has 0 unspecified atom stereocenters. The first-order valence-corrected chi connectivity index (χ1v) is 9.90. The molecule has 0 aliphatic carbocycles. The monoisotopic (exact) mass is 386 g/mol. The normalized spacial score (nSPS) is 16.1. The van der Waals surface area contributed by atoms with E-state index in [1.165, 1.54) is 0 Å². The molecule has 0 bridgehead atoms. The minimum absolute atomic E-state index is 0.00282. The topological polar surface area (TPSA) is 63.9 Å². The summed E-state index contributed by atoms with van der Waals surface area (Å²) in [4.78, 5) is 14.7. The number of carbonyl (C=O) groups excluding carboxylic acids is 1. The highest BCUT2D eigenvalue weighted by molar-refractivity contribution is 5.77. The Balaban J connectivity index is 1.57. The molecule has 1 fully saturated rings. The molecule has 0 spiro atoms. The van der Waals surface area contributed by atoms with Gasteiger partial charge in [0.2, 0.25) is 0 Å². The third-order valence-electron chi connectivity index (χ3n) is 5.00. The van der Waals surface area contributed by atoms with E-state index in [4.69, 9.17) is 13.9 Å². The lowest BCUT2D eigenvalue weighted by Gasteiger charge is -2.33. The van der Waals surface area contributed by atoms with Crippen molar-refractivity contribution in [2.75, 3.05) is 39.5 Å². The number of furan rings is 1. The zero-order valence-electron chi connectivity index (χ0n) is 16.9. The lowest BCUT2D eigenvalue weighted by Crippen LogP contribution is -2.44. The molecule has 1 N–H and O–H groups in total. The molecule has 152 valence electrons. The quantitative estimate of drug-likeness (QED) is 0.754. The second kappa shape index (κ2) is 9.75. The number of ether oxygens (including phenoxy) is 2. The molecule has 3 rings (SSSR count).